The van der Waals surface area contributed by atoms with Crippen LogP contribution >= 0.6 is 0 Å². The van der Waals surface area contributed by atoms with Crippen LogP contribution in [-0.2, 0) is 6.42 Å². The molecule has 0 N–H and O–H groups in total. The summed E-state index contributed by atoms with van der Waals surface area (Å²) in [7, 11) is 0. The predicted octanol–water partition coefficient (Wildman–Crippen LogP) is 7.53. The van der Waals surface area contributed by atoms with Crippen molar-refractivity contribution in [1.82, 2.24) is 34.9 Å². The molecule has 0 aliphatic rings. The minimum Gasteiger partial charge on any atom is -0.234 e. The van der Waals surface area contributed by atoms with E-state index in [0.717, 1.165) is 23.1 Å². The van der Waals surface area contributed by atoms with Gasteiger partial charge in [-0.3, -0.25) is 0 Å². The van der Waals surface area contributed by atoms with Crippen molar-refractivity contribution in [2.24, 2.45) is 0 Å². The highest BCUT2D eigenvalue weighted by atomic mass is 15.1. The summed E-state index contributed by atoms with van der Waals surface area (Å²) in [6, 6.07) is 8.52. The number of unbranched alkanes of at least 4 members (excludes halogenated alkanes) is 9. The van der Waals surface area contributed by atoms with E-state index in [1.807, 2.05) is 13.8 Å². The zero-order valence-corrected chi connectivity index (χ0v) is 23.0. The summed E-state index contributed by atoms with van der Waals surface area (Å²) in [5.74, 6) is 2.27. The maximum absolute atomic E-state index is 4.70. The Kier molecular flexibility index (Phi) is 10.4. The first-order chi connectivity index (χ1) is 18.6. The van der Waals surface area contributed by atoms with Gasteiger partial charge in [-0.15, -0.1) is 0 Å². The van der Waals surface area contributed by atoms with Gasteiger partial charge in [0, 0.05) is 30.4 Å². The van der Waals surface area contributed by atoms with E-state index < -0.39 is 0 Å². The Hall–Kier alpha value is -3.61. The maximum Gasteiger partial charge on any atom is 0.201 e. The molecule has 3 heterocycles. The molecular weight excluding hydrogens is 470 g/mol. The quantitative estimate of drug-likeness (QED) is 0.162. The standard InChI is InChI=1S/C31H39N7/c1-4-5-6-7-8-9-10-11-12-13-14-25-15-17-26(18-16-25)27-36-30(28-32-19-23(2)20-33-28)38-31(37-27)29-34-21-24(3)22-35-29/h15-22H,4-14H2,1-3H3. The van der Waals surface area contributed by atoms with Crippen molar-refractivity contribution in [1.29, 1.82) is 0 Å². The minimum atomic E-state index is 0.406. The van der Waals surface area contributed by atoms with Gasteiger partial charge in [0.15, 0.2) is 17.5 Å². The molecular formula is C31H39N7. The lowest BCUT2D eigenvalue weighted by Gasteiger charge is -2.08. The van der Waals surface area contributed by atoms with Crippen LogP contribution < -0.4 is 0 Å². The van der Waals surface area contributed by atoms with Crippen molar-refractivity contribution in [3.05, 3.63) is 65.7 Å². The third-order valence-corrected chi connectivity index (χ3v) is 6.63. The topological polar surface area (TPSA) is 90.2 Å². The van der Waals surface area contributed by atoms with Gasteiger partial charge in [0.05, 0.1) is 0 Å². The van der Waals surface area contributed by atoms with E-state index in [9.17, 15) is 0 Å². The summed E-state index contributed by atoms with van der Waals surface area (Å²) < 4.78 is 0. The zero-order chi connectivity index (χ0) is 26.6. The first-order valence-electron chi connectivity index (χ1n) is 14.1. The molecule has 0 spiro atoms. The summed E-state index contributed by atoms with van der Waals surface area (Å²) in [5, 5.41) is 0. The second kappa shape index (κ2) is 14.4. The first kappa shape index (κ1) is 27.4. The van der Waals surface area contributed by atoms with E-state index in [2.05, 4.69) is 56.1 Å². The monoisotopic (exact) mass is 509 g/mol. The van der Waals surface area contributed by atoms with Gasteiger partial charge in [-0.1, -0.05) is 89.0 Å². The average Bonchev–Trinajstić information content (AvgIpc) is 2.95. The van der Waals surface area contributed by atoms with E-state index in [-0.39, 0.29) is 0 Å². The van der Waals surface area contributed by atoms with Gasteiger partial charge >= 0.3 is 0 Å². The van der Waals surface area contributed by atoms with Gasteiger partial charge in [0.1, 0.15) is 0 Å². The molecule has 1 aromatic carbocycles. The molecule has 0 amide bonds. The Morgan fingerprint density at radius 3 is 1.37 bits per heavy atom. The maximum atomic E-state index is 4.70. The van der Waals surface area contributed by atoms with Crippen molar-refractivity contribution in [3.8, 4) is 34.7 Å². The molecule has 3 aromatic heterocycles. The molecule has 0 aliphatic heterocycles. The molecule has 198 valence electrons. The van der Waals surface area contributed by atoms with Crippen LogP contribution in [0, 0.1) is 13.8 Å². The summed E-state index contributed by atoms with van der Waals surface area (Å²) in [4.78, 5) is 31.7. The molecule has 0 fully saturated rings. The summed E-state index contributed by atoms with van der Waals surface area (Å²) in [6.07, 6.45) is 21.7. The predicted molar refractivity (Wildman–Crippen MR) is 152 cm³/mol. The van der Waals surface area contributed by atoms with Gasteiger partial charge in [0.2, 0.25) is 11.6 Å². The molecule has 0 atom stereocenters. The van der Waals surface area contributed by atoms with Gasteiger partial charge in [-0.05, 0) is 43.4 Å². The third-order valence-electron chi connectivity index (χ3n) is 6.63. The smallest absolute Gasteiger partial charge is 0.201 e. The van der Waals surface area contributed by atoms with Crippen molar-refractivity contribution >= 4 is 0 Å². The summed E-state index contributed by atoms with van der Waals surface area (Å²) >= 11 is 0. The van der Waals surface area contributed by atoms with Crippen LogP contribution in [0.25, 0.3) is 34.7 Å². The SMILES string of the molecule is CCCCCCCCCCCCc1ccc(-c2nc(-c3ncc(C)cn3)nc(-c3ncc(C)cn3)n2)cc1. The Morgan fingerprint density at radius 2 is 0.895 bits per heavy atom. The molecule has 0 radical (unpaired) electrons. The number of hydrogen-bond donors (Lipinski definition) is 0. The van der Waals surface area contributed by atoms with E-state index in [0.29, 0.717) is 29.1 Å². The molecule has 38 heavy (non-hydrogen) atoms. The fraction of sp³-hybridized carbons (Fsp3) is 0.452. The van der Waals surface area contributed by atoms with Gasteiger partial charge < -0.3 is 0 Å². The number of hydrogen-bond acceptors (Lipinski definition) is 7. The van der Waals surface area contributed by atoms with Gasteiger partial charge in [0.25, 0.3) is 0 Å². The number of aryl methyl sites for hydroxylation is 3. The van der Waals surface area contributed by atoms with Crippen LogP contribution in [0.15, 0.2) is 49.1 Å². The lowest BCUT2D eigenvalue weighted by atomic mass is 10.0. The average molecular weight is 510 g/mol. The molecule has 0 aliphatic carbocycles. The molecule has 0 saturated carbocycles. The molecule has 7 nitrogen and oxygen atoms in total. The largest absolute Gasteiger partial charge is 0.234 e. The van der Waals surface area contributed by atoms with Crippen LogP contribution in [0.5, 0.6) is 0 Å². The summed E-state index contributed by atoms with van der Waals surface area (Å²) in [5.41, 5.74) is 4.21. The van der Waals surface area contributed by atoms with Crippen molar-refractivity contribution < 1.29 is 0 Å². The molecule has 0 unspecified atom stereocenters. The van der Waals surface area contributed by atoms with Gasteiger partial charge in [-0.25, -0.2) is 34.9 Å². The highest BCUT2D eigenvalue weighted by Gasteiger charge is 2.15. The Morgan fingerprint density at radius 1 is 0.474 bits per heavy atom. The second-order valence-electron chi connectivity index (χ2n) is 10.1. The van der Waals surface area contributed by atoms with E-state index in [1.165, 1.54) is 69.8 Å². The minimum absolute atomic E-state index is 0.406. The van der Waals surface area contributed by atoms with E-state index in [4.69, 9.17) is 9.97 Å². The van der Waals surface area contributed by atoms with Crippen molar-refractivity contribution in [2.45, 2.75) is 91.4 Å². The van der Waals surface area contributed by atoms with Crippen LogP contribution in [-0.4, -0.2) is 34.9 Å². The Labute approximate surface area is 226 Å². The van der Waals surface area contributed by atoms with Crippen molar-refractivity contribution in [2.75, 3.05) is 0 Å². The Balaban J connectivity index is 1.40. The lowest BCUT2D eigenvalue weighted by molar-refractivity contribution is 0.556. The Bertz CT molecular complexity index is 1190. The molecule has 7 heteroatoms. The number of nitrogens with zero attached hydrogens (tertiary/aromatic N) is 7. The fourth-order valence-corrected chi connectivity index (χ4v) is 4.36. The second-order valence-corrected chi connectivity index (χ2v) is 10.1. The highest BCUT2D eigenvalue weighted by Crippen LogP contribution is 2.22. The number of aromatic nitrogens is 7. The zero-order valence-electron chi connectivity index (χ0n) is 23.0. The van der Waals surface area contributed by atoms with Crippen molar-refractivity contribution in [3.63, 3.8) is 0 Å². The van der Waals surface area contributed by atoms with Crippen LogP contribution in [0.2, 0.25) is 0 Å². The van der Waals surface area contributed by atoms with E-state index in [1.54, 1.807) is 24.8 Å². The molecule has 0 bridgehead atoms. The number of rotatable bonds is 14. The van der Waals surface area contributed by atoms with E-state index >= 15 is 0 Å². The van der Waals surface area contributed by atoms with Crippen LogP contribution in [0.3, 0.4) is 0 Å². The molecule has 0 saturated heterocycles. The summed E-state index contributed by atoms with van der Waals surface area (Å²) in [6.45, 7) is 6.17. The lowest BCUT2D eigenvalue weighted by Crippen LogP contribution is -2.04. The highest BCUT2D eigenvalue weighted by molar-refractivity contribution is 5.61. The van der Waals surface area contributed by atoms with Gasteiger partial charge in [-0.2, -0.15) is 0 Å². The molecule has 4 aromatic rings. The third kappa shape index (κ3) is 8.20. The first-order valence-corrected chi connectivity index (χ1v) is 14.1. The van der Waals surface area contributed by atoms with Crippen LogP contribution in [0.4, 0.5) is 0 Å². The number of benzene rings is 1. The molecule has 4 rings (SSSR count). The van der Waals surface area contributed by atoms with Crippen LogP contribution in [0.1, 0.15) is 87.8 Å². The fourth-order valence-electron chi connectivity index (χ4n) is 4.36. The normalized spacial score (nSPS) is 11.1.